The van der Waals surface area contributed by atoms with E-state index in [9.17, 15) is 14.0 Å². The van der Waals surface area contributed by atoms with E-state index < -0.39 is 0 Å². The molecule has 4 rings (SSSR count). The van der Waals surface area contributed by atoms with Gasteiger partial charge in [-0.1, -0.05) is 45.2 Å². The zero-order valence-corrected chi connectivity index (χ0v) is 21.9. The van der Waals surface area contributed by atoms with E-state index in [1.54, 1.807) is 29.2 Å². The molecule has 198 valence electrons. The van der Waals surface area contributed by atoms with E-state index in [1.807, 2.05) is 23.2 Å². The third-order valence-corrected chi connectivity index (χ3v) is 7.18. The largest absolute Gasteiger partial charge is 0.459 e. The molecule has 0 N–H and O–H groups in total. The minimum atomic E-state index is -0.253. The van der Waals surface area contributed by atoms with Gasteiger partial charge in [0.15, 0.2) is 5.76 Å². The van der Waals surface area contributed by atoms with Gasteiger partial charge >= 0.3 is 0 Å². The average Bonchev–Trinajstić information content (AvgIpc) is 3.59. The molecule has 2 amide bonds. The van der Waals surface area contributed by atoms with Crippen molar-refractivity contribution in [1.82, 2.24) is 14.4 Å². The molecule has 3 aromatic rings. The van der Waals surface area contributed by atoms with Crippen molar-refractivity contribution in [2.24, 2.45) is 5.92 Å². The molecule has 0 bridgehead atoms. The van der Waals surface area contributed by atoms with Crippen molar-refractivity contribution in [2.45, 2.75) is 71.5 Å². The fourth-order valence-electron chi connectivity index (χ4n) is 5.00. The van der Waals surface area contributed by atoms with Gasteiger partial charge in [-0.3, -0.25) is 9.59 Å². The fourth-order valence-corrected chi connectivity index (χ4v) is 5.00. The Morgan fingerprint density at radius 3 is 2.49 bits per heavy atom. The molecule has 1 saturated carbocycles. The summed E-state index contributed by atoms with van der Waals surface area (Å²) in [5.74, 6) is 0.129. The third kappa shape index (κ3) is 7.34. The highest BCUT2D eigenvalue weighted by Gasteiger charge is 2.29. The molecule has 1 fully saturated rings. The number of benzene rings is 1. The van der Waals surface area contributed by atoms with Crippen LogP contribution in [0.5, 0.6) is 0 Å². The molecular weight excluding hydrogens is 469 g/mol. The molecule has 1 aliphatic rings. The predicted octanol–water partition coefficient (Wildman–Crippen LogP) is 6.12. The van der Waals surface area contributed by atoms with E-state index in [2.05, 4.69) is 18.4 Å². The minimum Gasteiger partial charge on any atom is -0.459 e. The van der Waals surface area contributed by atoms with Crippen molar-refractivity contribution < 1.29 is 18.4 Å². The lowest BCUT2D eigenvalue weighted by Crippen LogP contribution is -2.48. The first-order chi connectivity index (χ1) is 17.9. The predicted molar refractivity (Wildman–Crippen MR) is 141 cm³/mol. The van der Waals surface area contributed by atoms with Gasteiger partial charge in [-0.15, -0.1) is 0 Å². The number of rotatable bonds is 11. The van der Waals surface area contributed by atoms with Crippen molar-refractivity contribution in [3.63, 3.8) is 0 Å². The SMILES string of the molecule is CC(C)CCN(CC(=O)N(Cc1cccn1Cc1ccc(F)cc1)C1CCCCC1)C(=O)c1ccco1. The second kappa shape index (κ2) is 12.7. The first kappa shape index (κ1) is 26.7. The second-order valence-electron chi connectivity index (χ2n) is 10.5. The zero-order valence-electron chi connectivity index (χ0n) is 21.9. The maximum absolute atomic E-state index is 13.9. The molecular formula is C30H38FN3O3. The maximum Gasteiger partial charge on any atom is 0.290 e. The Morgan fingerprint density at radius 1 is 1.05 bits per heavy atom. The van der Waals surface area contributed by atoms with Crippen LogP contribution in [0.2, 0.25) is 0 Å². The molecule has 0 saturated heterocycles. The Morgan fingerprint density at radius 2 is 1.81 bits per heavy atom. The summed E-state index contributed by atoms with van der Waals surface area (Å²) in [6.07, 6.45) is 9.64. The number of carbonyl (C=O) groups is 2. The molecule has 7 heteroatoms. The van der Waals surface area contributed by atoms with Crippen LogP contribution in [-0.2, 0) is 17.9 Å². The van der Waals surface area contributed by atoms with Crippen LogP contribution in [-0.4, -0.2) is 45.3 Å². The lowest BCUT2D eigenvalue weighted by atomic mass is 9.94. The number of hydrogen-bond donors (Lipinski definition) is 0. The highest BCUT2D eigenvalue weighted by molar-refractivity contribution is 5.94. The molecule has 0 spiro atoms. The van der Waals surface area contributed by atoms with Gasteiger partial charge in [-0.25, -0.2) is 4.39 Å². The first-order valence-corrected chi connectivity index (χ1v) is 13.4. The Labute approximate surface area is 219 Å². The van der Waals surface area contributed by atoms with Gasteiger partial charge in [0, 0.05) is 31.0 Å². The summed E-state index contributed by atoms with van der Waals surface area (Å²) < 4.78 is 20.9. The van der Waals surface area contributed by atoms with Crippen LogP contribution in [0, 0.1) is 11.7 Å². The quantitative estimate of drug-likeness (QED) is 0.314. The van der Waals surface area contributed by atoms with Gasteiger partial charge in [-0.2, -0.15) is 0 Å². The van der Waals surface area contributed by atoms with Crippen molar-refractivity contribution in [1.29, 1.82) is 0 Å². The maximum atomic E-state index is 13.9. The molecule has 1 aliphatic carbocycles. The minimum absolute atomic E-state index is 0.0292. The number of amides is 2. The number of hydrogen-bond acceptors (Lipinski definition) is 3. The molecule has 0 atom stereocenters. The number of halogens is 1. The third-order valence-electron chi connectivity index (χ3n) is 7.18. The summed E-state index contributed by atoms with van der Waals surface area (Å²) in [5, 5.41) is 0. The Bertz CT molecular complexity index is 1130. The van der Waals surface area contributed by atoms with E-state index in [4.69, 9.17) is 4.42 Å². The van der Waals surface area contributed by atoms with Crippen LogP contribution in [0.15, 0.2) is 65.4 Å². The van der Waals surface area contributed by atoms with Gasteiger partial charge in [0.2, 0.25) is 5.91 Å². The normalized spacial score (nSPS) is 14.2. The number of nitrogens with zero attached hydrogens (tertiary/aromatic N) is 3. The Kier molecular flexibility index (Phi) is 9.20. The van der Waals surface area contributed by atoms with E-state index in [0.717, 1.165) is 43.4 Å². The van der Waals surface area contributed by atoms with Crippen LogP contribution in [0.1, 0.15) is 74.2 Å². The lowest BCUT2D eigenvalue weighted by molar-refractivity contribution is -0.135. The zero-order chi connectivity index (χ0) is 26.2. The lowest BCUT2D eigenvalue weighted by Gasteiger charge is -2.36. The van der Waals surface area contributed by atoms with Crippen LogP contribution in [0.25, 0.3) is 0 Å². The van der Waals surface area contributed by atoms with E-state index in [-0.39, 0.29) is 36.0 Å². The molecule has 1 aromatic carbocycles. The van der Waals surface area contributed by atoms with E-state index >= 15 is 0 Å². The van der Waals surface area contributed by atoms with Gasteiger partial charge in [0.25, 0.3) is 5.91 Å². The molecule has 37 heavy (non-hydrogen) atoms. The topological polar surface area (TPSA) is 58.7 Å². The Balaban J connectivity index is 1.53. The van der Waals surface area contributed by atoms with Gasteiger partial charge in [0.1, 0.15) is 12.4 Å². The van der Waals surface area contributed by atoms with Crippen LogP contribution in [0.4, 0.5) is 4.39 Å². The standard InChI is InChI=1S/C30H38FN3O3/c1-23(2)16-18-33(30(36)28-11-7-19-37-28)22-29(35)34(26-8-4-3-5-9-26)21-27-10-6-17-32(27)20-24-12-14-25(31)15-13-24/h6-7,10-15,17,19,23,26H,3-5,8-9,16,18,20-22H2,1-2H3. The Hall–Kier alpha value is -3.35. The van der Waals surface area contributed by atoms with Gasteiger partial charge < -0.3 is 18.8 Å². The fraction of sp³-hybridized carbons (Fsp3) is 0.467. The van der Waals surface area contributed by atoms with Gasteiger partial charge in [-0.05, 0) is 67.1 Å². The van der Waals surface area contributed by atoms with Gasteiger partial charge in [0.05, 0.1) is 12.8 Å². The molecule has 0 unspecified atom stereocenters. The summed E-state index contributed by atoms with van der Waals surface area (Å²) in [6.45, 7) is 5.84. The number of furan rings is 1. The molecule has 2 heterocycles. The van der Waals surface area contributed by atoms with Crippen LogP contribution < -0.4 is 0 Å². The van der Waals surface area contributed by atoms with E-state index in [1.165, 1.54) is 24.8 Å². The van der Waals surface area contributed by atoms with E-state index in [0.29, 0.717) is 25.6 Å². The summed E-state index contributed by atoms with van der Waals surface area (Å²) in [4.78, 5) is 30.7. The molecule has 0 radical (unpaired) electrons. The van der Waals surface area contributed by atoms with Crippen molar-refractivity contribution in [3.05, 3.63) is 83.8 Å². The smallest absolute Gasteiger partial charge is 0.290 e. The van der Waals surface area contributed by atoms with Crippen LogP contribution in [0.3, 0.4) is 0 Å². The highest BCUT2D eigenvalue weighted by Crippen LogP contribution is 2.25. The summed E-state index contributed by atoms with van der Waals surface area (Å²) in [5.41, 5.74) is 2.02. The second-order valence-corrected chi connectivity index (χ2v) is 10.5. The van der Waals surface area contributed by atoms with Crippen molar-refractivity contribution >= 4 is 11.8 Å². The van der Waals surface area contributed by atoms with Crippen LogP contribution >= 0.6 is 0 Å². The molecule has 6 nitrogen and oxygen atoms in total. The van der Waals surface area contributed by atoms with Crippen molar-refractivity contribution in [2.75, 3.05) is 13.1 Å². The number of carbonyl (C=O) groups excluding carboxylic acids is 2. The first-order valence-electron chi connectivity index (χ1n) is 13.4. The molecule has 2 aromatic heterocycles. The summed E-state index contributed by atoms with van der Waals surface area (Å²) in [7, 11) is 0. The van der Waals surface area contributed by atoms with Crippen molar-refractivity contribution in [3.8, 4) is 0 Å². The summed E-state index contributed by atoms with van der Waals surface area (Å²) in [6, 6.07) is 14.0. The molecule has 0 aliphatic heterocycles. The highest BCUT2D eigenvalue weighted by atomic mass is 19.1. The number of aromatic nitrogens is 1. The monoisotopic (exact) mass is 507 g/mol. The average molecular weight is 508 g/mol. The summed E-state index contributed by atoms with van der Waals surface area (Å²) >= 11 is 0.